The quantitative estimate of drug-likeness (QED) is 0.754. The Morgan fingerprint density at radius 2 is 2.21 bits per heavy atom. The Balaban J connectivity index is 2.66. The van der Waals surface area contributed by atoms with Crippen LogP contribution in [0.15, 0.2) is 17.5 Å². The van der Waals surface area contributed by atoms with Crippen LogP contribution in [0.2, 0.25) is 0 Å². The lowest BCUT2D eigenvalue weighted by Gasteiger charge is -2.03. The highest BCUT2D eigenvalue weighted by atomic mass is 127. The normalized spacial score (nSPS) is 10.8. The van der Waals surface area contributed by atoms with Crippen LogP contribution in [0.1, 0.15) is 12.5 Å². The van der Waals surface area contributed by atoms with Crippen molar-refractivity contribution < 1.29 is 4.74 Å². The molecule has 14 heavy (non-hydrogen) atoms. The van der Waals surface area contributed by atoms with Crippen LogP contribution >= 0.6 is 33.9 Å². The summed E-state index contributed by atoms with van der Waals surface area (Å²) in [6, 6.07) is 4.40. The maximum atomic E-state index is 5.59. The highest BCUT2D eigenvalue weighted by molar-refractivity contribution is 14.1. The first-order valence-electron chi connectivity index (χ1n) is 4.52. The van der Waals surface area contributed by atoms with Gasteiger partial charge in [-0.3, -0.25) is 0 Å². The maximum absolute atomic E-state index is 5.59. The summed E-state index contributed by atoms with van der Waals surface area (Å²) in [4.78, 5) is 0. The van der Waals surface area contributed by atoms with E-state index < -0.39 is 0 Å². The average Bonchev–Trinajstić information content (AvgIpc) is 2.49. The molecule has 1 heterocycles. The number of thiophene rings is 1. The first-order valence-corrected chi connectivity index (χ1v) is 6.48. The molecule has 0 atom stereocenters. The molecular formula is C11H11IOS. The third kappa shape index (κ3) is 1.75. The van der Waals surface area contributed by atoms with Crippen LogP contribution in [0.25, 0.3) is 10.1 Å². The molecule has 3 heteroatoms. The van der Waals surface area contributed by atoms with Gasteiger partial charge in [-0.2, -0.15) is 0 Å². The van der Waals surface area contributed by atoms with Gasteiger partial charge >= 0.3 is 0 Å². The Morgan fingerprint density at radius 3 is 2.93 bits per heavy atom. The minimum atomic E-state index is 0.733. The molecule has 0 aliphatic carbocycles. The maximum Gasteiger partial charge on any atom is 0.138 e. The molecule has 1 aromatic carbocycles. The van der Waals surface area contributed by atoms with E-state index in [0.29, 0.717) is 0 Å². The van der Waals surface area contributed by atoms with E-state index in [0.717, 1.165) is 12.4 Å². The number of aryl methyl sites for hydroxylation is 1. The average molecular weight is 318 g/mol. The van der Waals surface area contributed by atoms with Gasteiger partial charge in [0.2, 0.25) is 0 Å². The molecule has 2 rings (SSSR count). The Labute approximate surface area is 101 Å². The SMILES string of the molecule is CCOc1csc2cc(I)cc(C)c12. The monoisotopic (exact) mass is 318 g/mol. The highest BCUT2D eigenvalue weighted by Gasteiger charge is 2.08. The van der Waals surface area contributed by atoms with Crippen molar-refractivity contribution in [2.45, 2.75) is 13.8 Å². The first kappa shape index (κ1) is 10.2. The zero-order chi connectivity index (χ0) is 10.1. The van der Waals surface area contributed by atoms with Crippen LogP contribution in [-0.2, 0) is 0 Å². The second kappa shape index (κ2) is 4.06. The van der Waals surface area contributed by atoms with Crippen LogP contribution in [0.5, 0.6) is 5.75 Å². The van der Waals surface area contributed by atoms with E-state index in [4.69, 9.17) is 4.74 Å². The van der Waals surface area contributed by atoms with Crippen molar-refractivity contribution in [3.63, 3.8) is 0 Å². The lowest BCUT2D eigenvalue weighted by molar-refractivity contribution is 0.345. The molecule has 74 valence electrons. The summed E-state index contributed by atoms with van der Waals surface area (Å²) in [5, 5.41) is 3.37. The zero-order valence-corrected chi connectivity index (χ0v) is 11.1. The van der Waals surface area contributed by atoms with Gasteiger partial charge in [-0.15, -0.1) is 11.3 Å². The molecule has 0 aliphatic heterocycles. The Morgan fingerprint density at radius 1 is 1.43 bits per heavy atom. The number of benzene rings is 1. The van der Waals surface area contributed by atoms with E-state index in [2.05, 4.69) is 47.0 Å². The van der Waals surface area contributed by atoms with Gasteiger partial charge in [0.1, 0.15) is 5.75 Å². The molecular weight excluding hydrogens is 307 g/mol. The third-order valence-corrected chi connectivity index (χ3v) is 3.63. The van der Waals surface area contributed by atoms with Gasteiger partial charge in [0.15, 0.2) is 0 Å². The van der Waals surface area contributed by atoms with Gasteiger partial charge < -0.3 is 4.74 Å². The molecule has 0 amide bonds. The fraction of sp³-hybridized carbons (Fsp3) is 0.273. The zero-order valence-electron chi connectivity index (χ0n) is 8.13. The lowest BCUT2D eigenvalue weighted by Crippen LogP contribution is -1.90. The Bertz CT molecular complexity index is 462. The van der Waals surface area contributed by atoms with Crippen molar-refractivity contribution in [3.8, 4) is 5.75 Å². The number of halogens is 1. The summed E-state index contributed by atoms with van der Waals surface area (Å²) in [5.74, 6) is 1.03. The fourth-order valence-electron chi connectivity index (χ4n) is 1.56. The van der Waals surface area contributed by atoms with Crippen LogP contribution in [0.3, 0.4) is 0 Å². The van der Waals surface area contributed by atoms with Crippen molar-refractivity contribution in [2.75, 3.05) is 6.61 Å². The highest BCUT2D eigenvalue weighted by Crippen LogP contribution is 2.35. The molecule has 1 nitrogen and oxygen atoms in total. The van der Waals surface area contributed by atoms with Crippen LogP contribution in [-0.4, -0.2) is 6.61 Å². The topological polar surface area (TPSA) is 9.23 Å². The van der Waals surface area contributed by atoms with Gasteiger partial charge in [-0.1, -0.05) is 0 Å². The molecule has 0 bridgehead atoms. The summed E-state index contributed by atoms with van der Waals surface area (Å²) >= 11 is 4.10. The summed E-state index contributed by atoms with van der Waals surface area (Å²) in [7, 11) is 0. The van der Waals surface area contributed by atoms with E-state index in [1.54, 1.807) is 11.3 Å². The Hall–Kier alpha value is -0.290. The Kier molecular flexibility index (Phi) is 2.97. The van der Waals surface area contributed by atoms with Crippen LogP contribution in [0, 0.1) is 10.5 Å². The van der Waals surface area contributed by atoms with Crippen molar-refractivity contribution in [1.29, 1.82) is 0 Å². The van der Waals surface area contributed by atoms with Gasteiger partial charge in [0.25, 0.3) is 0 Å². The fourth-order valence-corrected chi connectivity index (χ4v) is 3.54. The molecule has 0 unspecified atom stereocenters. The van der Waals surface area contributed by atoms with Crippen molar-refractivity contribution in [3.05, 3.63) is 26.6 Å². The second-order valence-corrected chi connectivity index (χ2v) is 5.29. The number of ether oxygens (including phenoxy) is 1. The van der Waals surface area contributed by atoms with Crippen LogP contribution in [0.4, 0.5) is 0 Å². The molecule has 2 aromatic rings. The molecule has 0 radical (unpaired) electrons. The lowest BCUT2D eigenvalue weighted by atomic mass is 10.1. The van der Waals surface area contributed by atoms with E-state index in [1.807, 2.05) is 6.92 Å². The molecule has 0 saturated heterocycles. The van der Waals surface area contributed by atoms with Crippen LogP contribution < -0.4 is 4.74 Å². The van der Waals surface area contributed by atoms with Gasteiger partial charge in [-0.25, -0.2) is 0 Å². The van der Waals surface area contributed by atoms with E-state index >= 15 is 0 Å². The number of rotatable bonds is 2. The predicted octanol–water partition coefficient (Wildman–Crippen LogP) is 4.21. The molecule has 0 N–H and O–H groups in total. The minimum Gasteiger partial charge on any atom is -0.492 e. The van der Waals surface area contributed by atoms with Gasteiger partial charge in [-0.05, 0) is 54.1 Å². The van der Waals surface area contributed by atoms with E-state index in [9.17, 15) is 0 Å². The predicted molar refractivity (Wildman–Crippen MR) is 70.4 cm³/mol. The minimum absolute atomic E-state index is 0.733. The summed E-state index contributed by atoms with van der Waals surface area (Å²) < 4.78 is 8.19. The molecule has 0 spiro atoms. The third-order valence-electron chi connectivity index (χ3n) is 2.10. The van der Waals surface area contributed by atoms with Gasteiger partial charge in [0.05, 0.1) is 6.61 Å². The standard InChI is InChI=1S/C11H11IOS/c1-3-13-9-6-14-10-5-8(12)4-7(2)11(9)10/h4-6H,3H2,1-2H3. The second-order valence-electron chi connectivity index (χ2n) is 3.13. The molecule has 1 aromatic heterocycles. The molecule has 0 saturated carbocycles. The smallest absolute Gasteiger partial charge is 0.138 e. The summed E-state index contributed by atoms with van der Waals surface area (Å²) in [6.45, 7) is 4.89. The van der Waals surface area contributed by atoms with Crippen molar-refractivity contribution in [1.82, 2.24) is 0 Å². The van der Waals surface area contributed by atoms with Gasteiger partial charge in [0, 0.05) is 19.0 Å². The van der Waals surface area contributed by atoms with Crippen molar-refractivity contribution in [2.24, 2.45) is 0 Å². The first-order chi connectivity index (χ1) is 6.72. The van der Waals surface area contributed by atoms with Crippen molar-refractivity contribution >= 4 is 44.0 Å². The number of hydrogen-bond donors (Lipinski definition) is 0. The molecule has 0 aliphatic rings. The number of hydrogen-bond acceptors (Lipinski definition) is 2. The summed E-state index contributed by atoms with van der Waals surface area (Å²) in [5.41, 5.74) is 1.30. The van der Waals surface area contributed by atoms with E-state index in [-0.39, 0.29) is 0 Å². The summed E-state index contributed by atoms with van der Waals surface area (Å²) in [6.07, 6.45) is 0. The largest absolute Gasteiger partial charge is 0.492 e. The molecule has 0 fully saturated rings. The van der Waals surface area contributed by atoms with E-state index in [1.165, 1.54) is 19.2 Å². The number of fused-ring (bicyclic) bond motifs is 1.